The number of benzene rings is 1. The van der Waals surface area contributed by atoms with Gasteiger partial charge in [-0.25, -0.2) is 0 Å². The van der Waals surface area contributed by atoms with Gasteiger partial charge in [0, 0.05) is 31.2 Å². The number of carbonyl (C=O) groups excluding carboxylic acids is 1. The summed E-state index contributed by atoms with van der Waals surface area (Å²) in [4.78, 5) is 14.3. The van der Waals surface area contributed by atoms with E-state index in [-0.39, 0.29) is 24.4 Å². The van der Waals surface area contributed by atoms with Crippen LogP contribution in [0.15, 0.2) is 24.3 Å². The van der Waals surface area contributed by atoms with Crippen LogP contribution in [0.1, 0.15) is 26.3 Å². The van der Waals surface area contributed by atoms with Crippen molar-refractivity contribution in [3.05, 3.63) is 29.8 Å². The lowest BCUT2D eigenvalue weighted by Gasteiger charge is -2.32. The first-order valence-electron chi connectivity index (χ1n) is 7.32. The largest absolute Gasteiger partial charge is 0.491 e. The summed E-state index contributed by atoms with van der Waals surface area (Å²) in [5.41, 5.74) is 0.970. The van der Waals surface area contributed by atoms with Crippen LogP contribution in [0.5, 0.6) is 5.75 Å². The minimum atomic E-state index is 0. The van der Waals surface area contributed by atoms with Gasteiger partial charge in [0.25, 0.3) is 0 Å². The van der Waals surface area contributed by atoms with Gasteiger partial charge in [0.15, 0.2) is 0 Å². The third-order valence-corrected chi connectivity index (χ3v) is 3.40. The lowest BCUT2D eigenvalue weighted by atomic mass is 10.1. The first-order valence-corrected chi connectivity index (χ1v) is 7.32. The van der Waals surface area contributed by atoms with Crippen LogP contribution >= 0.6 is 12.4 Å². The van der Waals surface area contributed by atoms with Crippen molar-refractivity contribution in [1.82, 2.24) is 10.2 Å². The Hall–Kier alpha value is -1.26. The average Bonchev–Trinajstić information content (AvgIpc) is 2.40. The van der Waals surface area contributed by atoms with Gasteiger partial charge >= 0.3 is 0 Å². The monoisotopic (exact) mass is 312 g/mol. The van der Waals surface area contributed by atoms with E-state index < -0.39 is 0 Å². The molecule has 118 valence electrons. The van der Waals surface area contributed by atoms with Gasteiger partial charge in [0.2, 0.25) is 5.91 Å². The number of nitrogens with one attached hydrogen (secondary N) is 1. The third kappa shape index (κ3) is 5.21. The fourth-order valence-corrected chi connectivity index (χ4v) is 2.45. The van der Waals surface area contributed by atoms with Crippen molar-refractivity contribution in [2.75, 3.05) is 19.6 Å². The molecule has 1 fully saturated rings. The Labute approximate surface area is 133 Å². The van der Waals surface area contributed by atoms with Crippen LogP contribution in [0.2, 0.25) is 0 Å². The van der Waals surface area contributed by atoms with Crippen molar-refractivity contribution >= 4 is 18.3 Å². The van der Waals surface area contributed by atoms with Crippen LogP contribution < -0.4 is 10.1 Å². The van der Waals surface area contributed by atoms with Gasteiger partial charge in [-0.3, -0.25) is 4.79 Å². The molecule has 1 aromatic rings. The fraction of sp³-hybridized carbons (Fsp3) is 0.562. The molecular formula is C16H25ClN2O2. The van der Waals surface area contributed by atoms with Crippen molar-refractivity contribution in [2.45, 2.75) is 39.3 Å². The van der Waals surface area contributed by atoms with E-state index in [1.807, 2.05) is 43.0 Å². The molecule has 1 atom stereocenters. The number of hydrogen-bond acceptors (Lipinski definition) is 3. The highest BCUT2D eigenvalue weighted by Crippen LogP contribution is 2.20. The number of carbonyl (C=O) groups is 1. The van der Waals surface area contributed by atoms with E-state index >= 15 is 0 Å². The number of rotatable bonds is 4. The number of nitrogens with zero attached hydrogens (tertiary/aromatic N) is 1. The quantitative estimate of drug-likeness (QED) is 0.927. The second-order valence-corrected chi connectivity index (χ2v) is 5.65. The first-order chi connectivity index (χ1) is 9.56. The van der Waals surface area contributed by atoms with Crippen molar-refractivity contribution in [3.63, 3.8) is 0 Å². The molecule has 21 heavy (non-hydrogen) atoms. The smallest absolute Gasteiger partial charge is 0.227 e. The summed E-state index contributed by atoms with van der Waals surface area (Å²) in [5.74, 6) is 0.997. The molecule has 0 aliphatic carbocycles. The molecule has 0 saturated carbocycles. The van der Waals surface area contributed by atoms with Crippen LogP contribution in [-0.2, 0) is 11.2 Å². The zero-order chi connectivity index (χ0) is 14.5. The Morgan fingerprint density at radius 2 is 2.14 bits per heavy atom. The lowest BCUT2D eigenvalue weighted by Crippen LogP contribution is -2.51. The minimum Gasteiger partial charge on any atom is -0.491 e. The van der Waals surface area contributed by atoms with E-state index in [9.17, 15) is 4.79 Å². The molecule has 0 radical (unpaired) electrons. The van der Waals surface area contributed by atoms with Crippen LogP contribution in [0.4, 0.5) is 0 Å². The summed E-state index contributed by atoms with van der Waals surface area (Å²) in [6.07, 6.45) is 0.528. The van der Waals surface area contributed by atoms with Gasteiger partial charge < -0.3 is 15.0 Å². The van der Waals surface area contributed by atoms with Crippen molar-refractivity contribution in [1.29, 1.82) is 0 Å². The Morgan fingerprint density at radius 1 is 1.43 bits per heavy atom. The van der Waals surface area contributed by atoms with Gasteiger partial charge in [-0.15, -0.1) is 12.4 Å². The Bertz CT molecular complexity index is 465. The molecule has 0 aromatic heterocycles. The summed E-state index contributed by atoms with van der Waals surface area (Å²) in [6.45, 7) is 8.54. The molecule has 5 heteroatoms. The second kappa shape index (κ2) is 8.25. The molecule has 1 heterocycles. The van der Waals surface area contributed by atoms with E-state index in [1.165, 1.54) is 0 Å². The number of amides is 1. The maximum Gasteiger partial charge on any atom is 0.227 e. The van der Waals surface area contributed by atoms with Crippen molar-refractivity contribution in [3.8, 4) is 5.75 Å². The molecule has 1 aromatic carbocycles. The predicted octanol–water partition coefficient (Wildman–Crippen LogP) is 2.26. The highest BCUT2D eigenvalue weighted by molar-refractivity contribution is 5.85. The second-order valence-electron chi connectivity index (χ2n) is 5.65. The maximum atomic E-state index is 12.4. The first kappa shape index (κ1) is 17.8. The molecule has 1 aliphatic heterocycles. The Balaban J connectivity index is 0.00000220. The molecule has 1 amide bonds. The Kier molecular flexibility index (Phi) is 6.99. The number of para-hydroxylation sites is 1. The van der Waals surface area contributed by atoms with Crippen LogP contribution in [-0.4, -0.2) is 42.6 Å². The lowest BCUT2D eigenvalue weighted by molar-refractivity contribution is -0.131. The molecule has 0 spiro atoms. The standard InChI is InChI=1S/C16H24N2O2.ClH/c1-12(2)20-15-7-5-4-6-14(15)10-16(19)18-9-8-17-13(3)11-18;/h4-7,12-13,17H,8-11H2,1-3H3;1H. The molecule has 1 aliphatic rings. The van der Waals surface area contributed by atoms with E-state index in [0.29, 0.717) is 12.5 Å². The SMILES string of the molecule is CC1CN(C(=O)Cc2ccccc2OC(C)C)CCN1.Cl. The number of hydrogen-bond donors (Lipinski definition) is 1. The van der Waals surface area contributed by atoms with Gasteiger partial charge in [-0.2, -0.15) is 0 Å². The molecule has 1 N–H and O–H groups in total. The zero-order valence-electron chi connectivity index (χ0n) is 13.0. The average molecular weight is 313 g/mol. The summed E-state index contributed by atoms with van der Waals surface area (Å²) < 4.78 is 5.77. The van der Waals surface area contributed by atoms with Gasteiger partial charge in [0.05, 0.1) is 12.5 Å². The van der Waals surface area contributed by atoms with E-state index in [1.54, 1.807) is 0 Å². The van der Waals surface area contributed by atoms with Gasteiger partial charge in [-0.1, -0.05) is 18.2 Å². The zero-order valence-corrected chi connectivity index (χ0v) is 13.8. The van der Waals surface area contributed by atoms with Crippen molar-refractivity contribution in [2.24, 2.45) is 0 Å². The van der Waals surface area contributed by atoms with E-state index in [0.717, 1.165) is 30.9 Å². The minimum absolute atomic E-state index is 0. The summed E-state index contributed by atoms with van der Waals surface area (Å²) in [6, 6.07) is 8.17. The van der Waals surface area contributed by atoms with Crippen LogP contribution in [0.3, 0.4) is 0 Å². The molecule has 4 nitrogen and oxygen atoms in total. The van der Waals surface area contributed by atoms with E-state index in [2.05, 4.69) is 12.2 Å². The molecule has 1 unspecified atom stereocenters. The number of halogens is 1. The van der Waals surface area contributed by atoms with Gasteiger partial charge in [-0.05, 0) is 26.8 Å². The maximum absolute atomic E-state index is 12.4. The molecule has 0 bridgehead atoms. The highest BCUT2D eigenvalue weighted by Gasteiger charge is 2.21. The van der Waals surface area contributed by atoms with Gasteiger partial charge in [0.1, 0.15) is 5.75 Å². The third-order valence-electron chi connectivity index (χ3n) is 3.40. The predicted molar refractivity (Wildman–Crippen MR) is 87.2 cm³/mol. The summed E-state index contributed by atoms with van der Waals surface area (Å²) >= 11 is 0. The molecule has 2 rings (SSSR count). The van der Waals surface area contributed by atoms with Crippen LogP contribution in [0.25, 0.3) is 0 Å². The summed E-state index contributed by atoms with van der Waals surface area (Å²) in [5, 5.41) is 3.35. The van der Waals surface area contributed by atoms with Crippen molar-refractivity contribution < 1.29 is 9.53 Å². The normalized spacial score (nSPS) is 18.3. The number of piperazine rings is 1. The van der Waals surface area contributed by atoms with Crippen LogP contribution in [0, 0.1) is 0 Å². The topological polar surface area (TPSA) is 41.6 Å². The fourth-order valence-electron chi connectivity index (χ4n) is 2.45. The summed E-state index contributed by atoms with van der Waals surface area (Å²) in [7, 11) is 0. The molecule has 1 saturated heterocycles. The molecular weight excluding hydrogens is 288 g/mol. The highest BCUT2D eigenvalue weighted by atomic mass is 35.5. The number of ether oxygens (including phenoxy) is 1. The Morgan fingerprint density at radius 3 is 2.81 bits per heavy atom. The van der Waals surface area contributed by atoms with E-state index in [4.69, 9.17) is 4.74 Å².